The van der Waals surface area contributed by atoms with Gasteiger partial charge in [-0.05, 0) is 39.5 Å². The van der Waals surface area contributed by atoms with Crippen molar-refractivity contribution in [1.82, 2.24) is 24.6 Å². The molecule has 8 nitrogen and oxygen atoms in total. The molecule has 2 aliphatic heterocycles. The maximum Gasteiger partial charge on any atom is 0.248 e. The Morgan fingerprint density at radius 1 is 1.11 bits per heavy atom. The maximum absolute atomic E-state index is 13.1. The maximum atomic E-state index is 13.1. The number of hydrogen-bond donors (Lipinski definition) is 0. The summed E-state index contributed by atoms with van der Waals surface area (Å²) in [6, 6.07) is -0.0381. The number of nitrogens with zero attached hydrogens (tertiary/aromatic N) is 5. The largest absolute Gasteiger partial charge is 0.372 e. The van der Waals surface area contributed by atoms with Crippen molar-refractivity contribution in [3.05, 3.63) is 11.6 Å². The second-order valence-electron chi connectivity index (χ2n) is 7.83. The van der Waals surface area contributed by atoms with E-state index in [4.69, 9.17) is 9.72 Å². The smallest absolute Gasteiger partial charge is 0.248 e. The summed E-state index contributed by atoms with van der Waals surface area (Å²) in [5, 5.41) is 4.63. The van der Waals surface area contributed by atoms with E-state index in [2.05, 4.69) is 12.0 Å². The van der Waals surface area contributed by atoms with Crippen LogP contribution in [0.25, 0.3) is 0 Å². The van der Waals surface area contributed by atoms with Crippen molar-refractivity contribution in [3.63, 3.8) is 0 Å². The fraction of sp³-hybridized carbons (Fsp3) is 0.789. The van der Waals surface area contributed by atoms with Crippen LogP contribution in [0.1, 0.15) is 63.1 Å². The van der Waals surface area contributed by atoms with Gasteiger partial charge in [-0.3, -0.25) is 9.59 Å². The highest BCUT2D eigenvalue weighted by Gasteiger charge is 2.37. The molecule has 1 aliphatic carbocycles. The second-order valence-corrected chi connectivity index (χ2v) is 7.83. The molecule has 0 aromatic carbocycles. The van der Waals surface area contributed by atoms with Crippen LogP contribution in [-0.2, 0) is 20.9 Å². The van der Waals surface area contributed by atoms with Crippen molar-refractivity contribution >= 4 is 11.8 Å². The number of amides is 2. The predicted molar refractivity (Wildman–Crippen MR) is 97.9 cm³/mol. The molecule has 1 atom stereocenters. The standard InChI is InChI=1S/C19H29N5O3/c1-3-27-12-16(25)22-8-6-15(7-9-22)19(26)23-10-11-24-18(13(23)2)20-17(21-24)14-4-5-14/h13-15H,3-12H2,1-2H3/t13-/m1/s1. The first-order valence-electron chi connectivity index (χ1n) is 10.2. The highest BCUT2D eigenvalue weighted by molar-refractivity contribution is 5.81. The van der Waals surface area contributed by atoms with Gasteiger partial charge in [0, 0.05) is 38.1 Å². The van der Waals surface area contributed by atoms with Crippen LogP contribution in [0.2, 0.25) is 0 Å². The van der Waals surface area contributed by atoms with Crippen molar-refractivity contribution in [2.24, 2.45) is 5.92 Å². The molecule has 1 saturated heterocycles. The molecule has 27 heavy (non-hydrogen) atoms. The minimum absolute atomic E-state index is 0.0130. The van der Waals surface area contributed by atoms with Crippen molar-refractivity contribution < 1.29 is 14.3 Å². The SMILES string of the molecule is CCOCC(=O)N1CCC(C(=O)N2CCn3nc(C4CC4)nc3[C@H]2C)CC1. The Kier molecular flexibility index (Phi) is 5.16. The number of fused-ring (bicyclic) bond motifs is 1. The average Bonchev–Trinajstić information content (AvgIpc) is 3.45. The van der Waals surface area contributed by atoms with E-state index in [0.29, 0.717) is 32.2 Å². The van der Waals surface area contributed by atoms with Gasteiger partial charge >= 0.3 is 0 Å². The van der Waals surface area contributed by atoms with Crippen molar-refractivity contribution in [2.45, 2.75) is 58.0 Å². The number of ether oxygens (including phenoxy) is 1. The molecule has 0 radical (unpaired) electrons. The normalized spacial score (nSPS) is 23.4. The Morgan fingerprint density at radius 3 is 2.52 bits per heavy atom. The summed E-state index contributed by atoms with van der Waals surface area (Å²) in [4.78, 5) is 33.7. The Morgan fingerprint density at radius 2 is 1.85 bits per heavy atom. The highest BCUT2D eigenvalue weighted by atomic mass is 16.5. The monoisotopic (exact) mass is 375 g/mol. The van der Waals surface area contributed by atoms with Gasteiger partial charge in [0.1, 0.15) is 12.4 Å². The van der Waals surface area contributed by atoms with Gasteiger partial charge in [0.25, 0.3) is 0 Å². The third kappa shape index (κ3) is 3.72. The topological polar surface area (TPSA) is 80.6 Å². The zero-order valence-corrected chi connectivity index (χ0v) is 16.3. The molecule has 2 amide bonds. The summed E-state index contributed by atoms with van der Waals surface area (Å²) in [6.45, 7) is 7.28. The average molecular weight is 375 g/mol. The first kappa shape index (κ1) is 18.4. The quantitative estimate of drug-likeness (QED) is 0.776. The van der Waals surface area contributed by atoms with Crippen LogP contribution in [0.15, 0.2) is 0 Å². The number of piperidine rings is 1. The zero-order valence-electron chi connectivity index (χ0n) is 16.3. The molecule has 148 valence electrons. The van der Waals surface area contributed by atoms with E-state index in [1.54, 1.807) is 0 Å². The van der Waals surface area contributed by atoms with E-state index in [0.717, 1.165) is 31.0 Å². The molecule has 0 unspecified atom stereocenters. The summed E-state index contributed by atoms with van der Waals surface area (Å²) in [7, 11) is 0. The van der Waals surface area contributed by atoms with Gasteiger partial charge in [0.05, 0.1) is 12.6 Å². The summed E-state index contributed by atoms with van der Waals surface area (Å²) in [6.07, 6.45) is 3.81. The molecule has 8 heteroatoms. The summed E-state index contributed by atoms with van der Waals surface area (Å²) in [5.74, 6) is 2.60. The summed E-state index contributed by atoms with van der Waals surface area (Å²) in [5.41, 5.74) is 0. The van der Waals surface area contributed by atoms with E-state index in [-0.39, 0.29) is 30.4 Å². The second kappa shape index (κ2) is 7.58. The highest BCUT2D eigenvalue weighted by Crippen LogP contribution is 2.39. The van der Waals surface area contributed by atoms with Gasteiger partial charge in [-0.25, -0.2) is 9.67 Å². The van der Waals surface area contributed by atoms with E-state index in [1.165, 1.54) is 12.8 Å². The molecule has 4 rings (SSSR count). The van der Waals surface area contributed by atoms with Crippen molar-refractivity contribution in [2.75, 3.05) is 32.8 Å². The zero-order chi connectivity index (χ0) is 19.0. The van der Waals surface area contributed by atoms with Crippen LogP contribution in [0, 0.1) is 5.92 Å². The summed E-state index contributed by atoms with van der Waals surface area (Å²) < 4.78 is 7.19. The van der Waals surface area contributed by atoms with Gasteiger partial charge in [0.15, 0.2) is 5.82 Å². The van der Waals surface area contributed by atoms with Gasteiger partial charge in [0.2, 0.25) is 11.8 Å². The van der Waals surface area contributed by atoms with Gasteiger partial charge in [-0.2, -0.15) is 5.10 Å². The van der Waals surface area contributed by atoms with Crippen LogP contribution in [0.3, 0.4) is 0 Å². The van der Waals surface area contributed by atoms with E-state index < -0.39 is 0 Å². The Hall–Kier alpha value is -1.96. The van der Waals surface area contributed by atoms with Crippen LogP contribution in [0.4, 0.5) is 0 Å². The van der Waals surface area contributed by atoms with Crippen LogP contribution in [-0.4, -0.2) is 69.2 Å². The van der Waals surface area contributed by atoms with E-state index >= 15 is 0 Å². The molecule has 3 aliphatic rings. The molecule has 1 aromatic heterocycles. The molecule has 2 fully saturated rings. The lowest BCUT2D eigenvalue weighted by atomic mass is 9.94. The molecular formula is C19H29N5O3. The fourth-order valence-corrected chi connectivity index (χ4v) is 4.09. The minimum Gasteiger partial charge on any atom is -0.372 e. The van der Waals surface area contributed by atoms with Crippen LogP contribution in [0.5, 0.6) is 0 Å². The Labute approximate surface area is 159 Å². The van der Waals surface area contributed by atoms with E-state index in [1.807, 2.05) is 21.4 Å². The molecule has 0 bridgehead atoms. The number of rotatable bonds is 5. The lowest BCUT2D eigenvalue weighted by molar-refractivity contribution is -0.144. The van der Waals surface area contributed by atoms with Gasteiger partial charge in [-0.15, -0.1) is 0 Å². The molecule has 0 N–H and O–H groups in total. The number of likely N-dealkylation sites (tertiary alicyclic amines) is 1. The Bertz CT molecular complexity index is 706. The lowest BCUT2D eigenvalue weighted by Crippen LogP contribution is -2.48. The van der Waals surface area contributed by atoms with Crippen molar-refractivity contribution in [3.8, 4) is 0 Å². The van der Waals surface area contributed by atoms with Crippen LogP contribution >= 0.6 is 0 Å². The Balaban J connectivity index is 1.35. The molecule has 0 spiro atoms. The number of carbonyl (C=O) groups excluding carboxylic acids is 2. The number of aromatic nitrogens is 3. The third-order valence-electron chi connectivity index (χ3n) is 5.96. The van der Waals surface area contributed by atoms with E-state index in [9.17, 15) is 9.59 Å². The molecule has 3 heterocycles. The number of hydrogen-bond acceptors (Lipinski definition) is 5. The van der Waals surface area contributed by atoms with Crippen molar-refractivity contribution in [1.29, 1.82) is 0 Å². The first-order chi connectivity index (χ1) is 13.1. The van der Waals surface area contributed by atoms with Crippen LogP contribution < -0.4 is 0 Å². The predicted octanol–water partition coefficient (Wildman–Crippen LogP) is 1.33. The van der Waals surface area contributed by atoms with Gasteiger partial charge in [-0.1, -0.05) is 0 Å². The molecule has 1 saturated carbocycles. The molecular weight excluding hydrogens is 346 g/mol. The minimum atomic E-state index is -0.0381. The number of carbonyl (C=O) groups is 2. The molecule has 1 aromatic rings. The summed E-state index contributed by atoms with van der Waals surface area (Å²) >= 11 is 0. The third-order valence-corrected chi connectivity index (χ3v) is 5.96. The van der Waals surface area contributed by atoms with Gasteiger partial charge < -0.3 is 14.5 Å². The first-order valence-corrected chi connectivity index (χ1v) is 10.2. The lowest BCUT2D eigenvalue weighted by Gasteiger charge is -2.38. The fourth-order valence-electron chi connectivity index (χ4n) is 4.09.